The van der Waals surface area contributed by atoms with Gasteiger partial charge >= 0.3 is 0 Å². The molecule has 1 N–H and O–H groups in total. The highest BCUT2D eigenvalue weighted by atomic mass is 16.3. The summed E-state index contributed by atoms with van der Waals surface area (Å²) < 4.78 is 3.70. The van der Waals surface area contributed by atoms with Crippen molar-refractivity contribution >= 4 is 5.91 Å². The lowest BCUT2D eigenvalue weighted by atomic mass is 9.90. The third-order valence-electron chi connectivity index (χ3n) is 5.03. The fraction of sp³-hybridized carbons (Fsp3) is 0.611. The molecule has 0 bridgehead atoms. The quantitative estimate of drug-likeness (QED) is 0.898. The van der Waals surface area contributed by atoms with Crippen LogP contribution in [0.15, 0.2) is 18.6 Å². The molecule has 2 aromatic rings. The van der Waals surface area contributed by atoms with E-state index in [1.807, 2.05) is 40.5 Å². The molecule has 136 valence electrons. The maximum Gasteiger partial charge on any atom is 0.257 e. The molecule has 0 spiro atoms. The molecule has 1 atom stereocenters. The fourth-order valence-electron chi connectivity index (χ4n) is 3.53. The van der Waals surface area contributed by atoms with Crippen molar-refractivity contribution in [2.45, 2.75) is 45.8 Å². The Morgan fingerprint density at radius 3 is 2.72 bits per heavy atom. The molecule has 3 heterocycles. The Morgan fingerprint density at radius 2 is 2.12 bits per heavy atom. The van der Waals surface area contributed by atoms with E-state index in [4.69, 9.17) is 0 Å². The Morgan fingerprint density at radius 1 is 1.40 bits per heavy atom. The number of likely N-dealkylation sites (tertiary alicyclic amines) is 1. The fourth-order valence-corrected chi connectivity index (χ4v) is 3.53. The van der Waals surface area contributed by atoms with Crippen LogP contribution in [0.1, 0.15) is 54.2 Å². The molecule has 1 aliphatic rings. The van der Waals surface area contributed by atoms with Gasteiger partial charge in [-0.2, -0.15) is 5.10 Å². The predicted molar refractivity (Wildman–Crippen MR) is 94.1 cm³/mol. The van der Waals surface area contributed by atoms with Gasteiger partial charge in [0.15, 0.2) is 0 Å². The molecule has 0 aliphatic carbocycles. The number of imidazole rings is 1. The predicted octanol–water partition coefficient (Wildman–Crippen LogP) is 1.92. The van der Waals surface area contributed by atoms with E-state index in [9.17, 15) is 9.90 Å². The van der Waals surface area contributed by atoms with Gasteiger partial charge in [0.25, 0.3) is 5.91 Å². The summed E-state index contributed by atoms with van der Waals surface area (Å²) in [6.07, 6.45) is 7.37. The number of aryl methyl sites for hydroxylation is 3. The van der Waals surface area contributed by atoms with Gasteiger partial charge in [0.2, 0.25) is 0 Å². The summed E-state index contributed by atoms with van der Waals surface area (Å²) in [6, 6.07) is 0. The minimum atomic E-state index is -0.578. The summed E-state index contributed by atoms with van der Waals surface area (Å²) in [5.41, 5.74) is 1.48. The highest BCUT2D eigenvalue weighted by Gasteiger charge is 2.31. The van der Waals surface area contributed by atoms with Gasteiger partial charge in [0.1, 0.15) is 11.9 Å². The van der Waals surface area contributed by atoms with Gasteiger partial charge in [-0.1, -0.05) is 6.92 Å². The van der Waals surface area contributed by atoms with Crippen LogP contribution in [0.4, 0.5) is 0 Å². The molecule has 2 aromatic heterocycles. The third-order valence-corrected chi connectivity index (χ3v) is 5.03. The summed E-state index contributed by atoms with van der Waals surface area (Å²) in [5, 5.41) is 15.0. The molecular formula is C18H27N5O2. The van der Waals surface area contributed by atoms with E-state index in [1.165, 1.54) is 0 Å². The lowest BCUT2D eigenvalue weighted by molar-refractivity contribution is 0.0419. The van der Waals surface area contributed by atoms with Crippen molar-refractivity contribution in [2.24, 2.45) is 13.0 Å². The Bertz CT molecular complexity index is 728. The first kappa shape index (κ1) is 17.7. The Balaban J connectivity index is 1.62. The van der Waals surface area contributed by atoms with E-state index in [1.54, 1.807) is 6.20 Å². The lowest BCUT2D eigenvalue weighted by Gasteiger charge is -2.34. The largest absolute Gasteiger partial charge is 0.385 e. The number of carbonyl (C=O) groups excluding carboxylic acids is 1. The molecule has 7 heteroatoms. The smallest absolute Gasteiger partial charge is 0.257 e. The van der Waals surface area contributed by atoms with Crippen molar-refractivity contribution in [3.63, 3.8) is 0 Å². The van der Waals surface area contributed by atoms with E-state index >= 15 is 0 Å². The van der Waals surface area contributed by atoms with Gasteiger partial charge in [0, 0.05) is 45.3 Å². The van der Waals surface area contributed by atoms with Crippen LogP contribution in [-0.4, -0.2) is 48.3 Å². The molecule has 1 saturated heterocycles. The molecule has 7 nitrogen and oxygen atoms in total. The molecule has 25 heavy (non-hydrogen) atoms. The number of amides is 1. The zero-order valence-corrected chi connectivity index (χ0v) is 15.2. The lowest BCUT2D eigenvalue weighted by Crippen LogP contribution is -2.40. The average Bonchev–Trinajstić information content (AvgIpc) is 3.19. The van der Waals surface area contributed by atoms with Crippen LogP contribution < -0.4 is 0 Å². The molecule has 1 fully saturated rings. The van der Waals surface area contributed by atoms with Crippen LogP contribution in [0.5, 0.6) is 0 Å². The van der Waals surface area contributed by atoms with Crippen molar-refractivity contribution in [3.8, 4) is 0 Å². The van der Waals surface area contributed by atoms with Crippen molar-refractivity contribution in [1.82, 2.24) is 24.2 Å². The number of aliphatic hydroxyl groups is 1. The molecule has 1 aliphatic heterocycles. The van der Waals surface area contributed by atoms with Gasteiger partial charge in [-0.15, -0.1) is 0 Å². The first-order valence-corrected chi connectivity index (χ1v) is 8.99. The monoisotopic (exact) mass is 345 g/mol. The first-order chi connectivity index (χ1) is 12.0. The van der Waals surface area contributed by atoms with Gasteiger partial charge in [0.05, 0.1) is 11.3 Å². The molecule has 0 saturated carbocycles. The third kappa shape index (κ3) is 3.61. The van der Waals surface area contributed by atoms with Crippen LogP contribution in [0.3, 0.4) is 0 Å². The van der Waals surface area contributed by atoms with Crippen LogP contribution in [0.2, 0.25) is 0 Å². The van der Waals surface area contributed by atoms with Crippen molar-refractivity contribution in [2.75, 3.05) is 13.1 Å². The highest BCUT2D eigenvalue weighted by Crippen LogP contribution is 2.30. The van der Waals surface area contributed by atoms with Crippen LogP contribution >= 0.6 is 0 Å². The van der Waals surface area contributed by atoms with E-state index < -0.39 is 6.10 Å². The number of piperidine rings is 1. The average molecular weight is 345 g/mol. The van der Waals surface area contributed by atoms with Gasteiger partial charge < -0.3 is 14.6 Å². The normalized spacial score (nSPS) is 17.0. The molecule has 0 aromatic carbocycles. The first-order valence-electron chi connectivity index (χ1n) is 8.99. The number of rotatable bonds is 5. The van der Waals surface area contributed by atoms with E-state index in [2.05, 4.69) is 17.0 Å². The molecule has 3 rings (SSSR count). The SMILES string of the molecule is CCCn1cc(C(=O)N2CCC(C(O)c3nccn3C)CC2)c(C)n1. The van der Waals surface area contributed by atoms with Crippen LogP contribution in [-0.2, 0) is 13.6 Å². The summed E-state index contributed by atoms with van der Waals surface area (Å²) in [6.45, 7) is 6.12. The number of carbonyl (C=O) groups is 1. The van der Waals surface area contributed by atoms with Gasteiger partial charge in [-0.05, 0) is 32.1 Å². The second kappa shape index (κ2) is 7.39. The highest BCUT2D eigenvalue weighted by molar-refractivity contribution is 5.95. The second-order valence-electron chi connectivity index (χ2n) is 6.86. The van der Waals surface area contributed by atoms with E-state index in [-0.39, 0.29) is 11.8 Å². The number of aliphatic hydroxyl groups excluding tert-OH is 1. The zero-order chi connectivity index (χ0) is 18.0. The number of aromatic nitrogens is 4. The minimum Gasteiger partial charge on any atom is -0.385 e. The number of hydrogen-bond acceptors (Lipinski definition) is 4. The Kier molecular flexibility index (Phi) is 5.22. The Hall–Kier alpha value is -2.15. The molecule has 1 unspecified atom stereocenters. The maximum atomic E-state index is 12.8. The van der Waals surface area contributed by atoms with Crippen molar-refractivity contribution < 1.29 is 9.90 Å². The summed E-state index contributed by atoms with van der Waals surface area (Å²) in [7, 11) is 1.89. The summed E-state index contributed by atoms with van der Waals surface area (Å²) >= 11 is 0. The minimum absolute atomic E-state index is 0.0461. The van der Waals surface area contributed by atoms with Gasteiger partial charge in [-0.3, -0.25) is 9.48 Å². The second-order valence-corrected chi connectivity index (χ2v) is 6.86. The topological polar surface area (TPSA) is 76.2 Å². The van der Waals surface area contributed by atoms with Gasteiger partial charge in [-0.25, -0.2) is 4.98 Å². The summed E-state index contributed by atoms with van der Waals surface area (Å²) in [4.78, 5) is 18.9. The van der Waals surface area contributed by atoms with Crippen LogP contribution in [0.25, 0.3) is 0 Å². The summed E-state index contributed by atoms with van der Waals surface area (Å²) in [5.74, 6) is 0.875. The van der Waals surface area contributed by atoms with E-state index in [0.29, 0.717) is 24.5 Å². The number of nitrogens with zero attached hydrogens (tertiary/aromatic N) is 5. The standard InChI is InChI=1S/C18H27N5O2/c1-4-8-23-12-15(13(2)20-23)18(25)22-9-5-14(6-10-22)16(24)17-19-7-11-21(17)3/h7,11-12,14,16,24H,4-6,8-10H2,1-3H3. The molecule has 1 amide bonds. The number of hydrogen-bond donors (Lipinski definition) is 1. The van der Waals surface area contributed by atoms with Crippen LogP contribution in [0, 0.1) is 12.8 Å². The van der Waals surface area contributed by atoms with Crippen molar-refractivity contribution in [1.29, 1.82) is 0 Å². The van der Waals surface area contributed by atoms with Crippen molar-refractivity contribution in [3.05, 3.63) is 35.7 Å². The maximum absolute atomic E-state index is 12.8. The zero-order valence-electron chi connectivity index (χ0n) is 15.2. The van der Waals surface area contributed by atoms with E-state index in [0.717, 1.165) is 31.5 Å². The molecular weight excluding hydrogens is 318 g/mol. The molecule has 0 radical (unpaired) electrons. The Labute approximate surface area is 148 Å².